The number of aromatic nitrogens is 1. The first-order valence-corrected chi connectivity index (χ1v) is 15.9. The van der Waals surface area contributed by atoms with Gasteiger partial charge in [-0.3, -0.25) is 9.36 Å². The number of thiazole rings is 1. The average Bonchev–Trinajstić information content (AvgIpc) is 3.37. The van der Waals surface area contributed by atoms with E-state index in [0.29, 0.717) is 54.3 Å². The summed E-state index contributed by atoms with van der Waals surface area (Å²) in [6.45, 7) is 2.15. The zero-order valence-electron chi connectivity index (χ0n) is 24.9. The Balaban J connectivity index is 1.44. The van der Waals surface area contributed by atoms with Gasteiger partial charge >= 0.3 is 5.97 Å². The van der Waals surface area contributed by atoms with Crippen molar-refractivity contribution in [1.82, 2.24) is 4.57 Å². The number of carbonyl (C=O) groups is 1. The topological polar surface area (TPSA) is 79.1 Å². The van der Waals surface area contributed by atoms with Crippen LogP contribution in [0.1, 0.15) is 35.2 Å². The van der Waals surface area contributed by atoms with E-state index in [1.165, 1.54) is 15.9 Å². The number of carbonyl (C=O) groups excluding carboxylic acids is 1. The smallest absolute Gasteiger partial charge is 0.338 e. The monoisotopic (exact) mass is 670 g/mol. The van der Waals surface area contributed by atoms with E-state index in [-0.39, 0.29) is 17.7 Å². The van der Waals surface area contributed by atoms with Crippen LogP contribution in [0.4, 0.5) is 0 Å². The van der Waals surface area contributed by atoms with Crippen LogP contribution in [0.25, 0.3) is 6.08 Å². The number of hydrogen-bond acceptors (Lipinski definition) is 7. The Kier molecular flexibility index (Phi) is 9.40. The quantitative estimate of drug-likeness (QED) is 0.160. The highest BCUT2D eigenvalue weighted by atomic mass is 35.5. The number of allylic oxidation sites excluding steroid dienone is 1. The van der Waals surface area contributed by atoms with Gasteiger partial charge in [0, 0.05) is 10.0 Å². The first-order chi connectivity index (χ1) is 22.3. The van der Waals surface area contributed by atoms with E-state index >= 15 is 0 Å². The Morgan fingerprint density at radius 1 is 0.913 bits per heavy atom. The van der Waals surface area contributed by atoms with Crippen LogP contribution in [0, 0.1) is 0 Å². The van der Waals surface area contributed by atoms with Crippen molar-refractivity contribution < 1.29 is 19.0 Å². The van der Waals surface area contributed by atoms with Gasteiger partial charge in [0.25, 0.3) is 5.56 Å². The number of ether oxygens (including phenoxy) is 3. The van der Waals surface area contributed by atoms with E-state index in [1.54, 1.807) is 50.4 Å². The van der Waals surface area contributed by atoms with Crippen LogP contribution in [0.15, 0.2) is 118 Å². The Morgan fingerprint density at radius 2 is 1.61 bits per heavy atom. The third-order valence-corrected chi connectivity index (χ3v) is 8.99. The van der Waals surface area contributed by atoms with Gasteiger partial charge in [-0.1, -0.05) is 107 Å². The SMILES string of the molecule is COc1cc(C2C(C(=O)OCc3ccccc3)=C(C)N=c3s/c(=C\c4ccc(Cl)cc4Cl)c(=O)n32)ccc1OCc1ccccc1. The molecule has 1 aliphatic rings. The van der Waals surface area contributed by atoms with Crippen molar-refractivity contribution in [2.24, 2.45) is 4.99 Å². The van der Waals surface area contributed by atoms with E-state index in [4.69, 9.17) is 42.4 Å². The largest absolute Gasteiger partial charge is 0.493 e. The van der Waals surface area contributed by atoms with Crippen LogP contribution in [0.5, 0.6) is 11.5 Å². The minimum absolute atomic E-state index is 0.0677. The summed E-state index contributed by atoms with van der Waals surface area (Å²) < 4.78 is 19.5. The summed E-state index contributed by atoms with van der Waals surface area (Å²) in [5, 5.41) is 0.898. The number of fused-ring (bicyclic) bond motifs is 1. The fourth-order valence-electron chi connectivity index (χ4n) is 5.17. The predicted molar refractivity (Wildman–Crippen MR) is 180 cm³/mol. The van der Waals surface area contributed by atoms with Gasteiger partial charge in [0.05, 0.1) is 29.0 Å². The van der Waals surface area contributed by atoms with Crippen LogP contribution in [-0.2, 0) is 22.7 Å². The molecule has 0 bridgehead atoms. The standard InChI is InChI=1S/C36H28Cl2N2O5S/c1-22-32(35(42)45-21-24-11-7-4-8-12-24)33(26-14-16-29(30(17-26)43-2)44-20-23-9-5-3-6-10-23)40-34(41)31(46-36(40)39-22)18-25-13-15-27(37)19-28(25)38/h3-19,33H,20-21H2,1-2H3/b31-18-. The Labute approximate surface area is 279 Å². The molecule has 6 rings (SSSR count). The van der Waals surface area contributed by atoms with Crippen molar-refractivity contribution in [1.29, 1.82) is 0 Å². The summed E-state index contributed by atoms with van der Waals surface area (Å²) in [6.07, 6.45) is 1.70. The molecule has 1 aromatic heterocycles. The van der Waals surface area contributed by atoms with Crippen LogP contribution in [0.3, 0.4) is 0 Å². The maximum Gasteiger partial charge on any atom is 0.338 e. The van der Waals surface area contributed by atoms with Crippen LogP contribution in [0.2, 0.25) is 10.0 Å². The lowest BCUT2D eigenvalue weighted by Crippen LogP contribution is -2.39. The van der Waals surface area contributed by atoms with Gasteiger partial charge in [-0.25, -0.2) is 9.79 Å². The van der Waals surface area contributed by atoms with Crippen molar-refractivity contribution in [2.75, 3.05) is 7.11 Å². The lowest BCUT2D eigenvalue weighted by atomic mass is 9.95. The second-order valence-corrected chi connectivity index (χ2v) is 12.3. The maximum atomic E-state index is 14.1. The van der Waals surface area contributed by atoms with E-state index in [0.717, 1.165) is 11.1 Å². The van der Waals surface area contributed by atoms with Crippen LogP contribution in [-0.4, -0.2) is 17.6 Å². The molecule has 10 heteroatoms. The molecule has 0 aliphatic carbocycles. The van der Waals surface area contributed by atoms with Gasteiger partial charge in [-0.15, -0.1) is 0 Å². The molecule has 4 aromatic carbocycles. The number of nitrogens with zero attached hydrogens (tertiary/aromatic N) is 2. The number of rotatable bonds is 9. The molecule has 232 valence electrons. The molecular weight excluding hydrogens is 643 g/mol. The molecule has 0 saturated heterocycles. The van der Waals surface area contributed by atoms with Crippen molar-refractivity contribution in [3.8, 4) is 11.5 Å². The van der Waals surface area contributed by atoms with Gasteiger partial charge in [0.2, 0.25) is 0 Å². The number of hydrogen-bond donors (Lipinski definition) is 0. The fourth-order valence-corrected chi connectivity index (χ4v) is 6.67. The van der Waals surface area contributed by atoms with Crippen LogP contribution >= 0.6 is 34.5 Å². The number of halogens is 2. The molecule has 0 amide bonds. The summed E-state index contributed by atoms with van der Waals surface area (Å²) in [7, 11) is 1.55. The molecule has 1 unspecified atom stereocenters. The Bertz CT molecular complexity index is 2130. The molecule has 5 aromatic rings. The minimum Gasteiger partial charge on any atom is -0.493 e. The Morgan fingerprint density at radius 3 is 2.28 bits per heavy atom. The fraction of sp³-hybridized carbons (Fsp3) is 0.139. The van der Waals surface area contributed by atoms with E-state index in [9.17, 15) is 9.59 Å². The molecule has 7 nitrogen and oxygen atoms in total. The van der Waals surface area contributed by atoms with E-state index in [1.807, 2.05) is 66.7 Å². The van der Waals surface area contributed by atoms with Crippen LogP contribution < -0.4 is 24.4 Å². The summed E-state index contributed by atoms with van der Waals surface area (Å²) in [5.74, 6) is 0.400. The zero-order chi connectivity index (χ0) is 32.2. The highest BCUT2D eigenvalue weighted by molar-refractivity contribution is 7.07. The lowest BCUT2D eigenvalue weighted by molar-refractivity contribution is -0.140. The van der Waals surface area contributed by atoms with Crippen molar-refractivity contribution in [3.05, 3.63) is 160 Å². The molecular formula is C36H28Cl2N2O5S. The molecule has 0 radical (unpaired) electrons. The molecule has 0 N–H and O–H groups in total. The summed E-state index contributed by atoms with van der Waals surface area (Å²) >= 11 is 13.7. The Hall–Kier alpha value is -4.63. The van der Waals surface area contributed by atoms with E-state index < -0.39 is 12.0 Å². The average molecular weight is 672 g/mol. The molecule has 46 heavy (non-hydrogen) atoms. The predicted octanol–water partition coefficient (Wildman–Crippen LogP) is 6.87. The van der Waals surface area contributed by atoms with E-state index in [2.05, 4.69) is 0 Å². The third kappa shape index (κ3) is 6.65. The van der Waals surface area contributed by atoms with Gasteiger partial charge < -0.3 is 14.2 Å². The van der Waals surface area contributed by atoms with Gasteiger partial charge in [0.15, 0.2) is 16.3 Å². The third-order valence-electron chi connectivity index (χ3n) is 7.44. The van der Waals surface area contributed by atoms with Gasteiger partial charge in [0.1, 0.15) is 13.2 Å². The molecule has 1 aliphatic heterocycles. The molecule has 0 saturated carbocycles. The first-order valence-electron chi connectivity index (χ1n) is 14.4. The minimum atomic E-state index is -0.848. The summed E-state index contributed by atoms with van der Waals surface area (Å²) in [4.78, 5) is 33.0. The highest BCUT2D eigenvalue weighted by Gasteiger charge is 2.34. The normalized spacial score (nSPS) is 14.4. The second-order valence-electron chi connectivity index (χ2n) is 10.5. The van der Waals surface area contributed by atoms with Crippen molar-refractivity contribution in [2.45, 2.75) is 26.2 Å². The lowest BCUT2D eigenvalue weighted by Gasteiger charge is -2.25. The second kappa shape index (κ2) is 13.8. The first kappa shape index (κ1) is 31.4. The van der Waals surface area contributed by atoms with Gasteiger partial charge in [-0.05, 0) is 59.5 Å². The maximum absolute atomic E-state index is 14.1. The molecule has 1 atom stereocenters. The van der Waals surface area contributed by atoms with Gasteiger partial charge in [-0.2, -0.15) is 0 Å². The summed E-state index contributed by atoms with van der Waals surface area (Å²) in [6, 6.07) is 28.8. The van der Waals surface area contributed by atoms with Crippen molar-refractivity contribution >= 4 is 46.6 Å². The highest BCUT2D eigenvalue weighted by Crippen LogP contribution is 2.36. The zero-order valence-corrected chi connectivity index (χ0v) is 27.2. The van der Waals surface area contributed by atoms with Crippen molar-refractivity contribution in [3.63, 3.8) is 0 Å². The number of benzene rings is 4. The molecule has 0 spiro atoms. The molecule has 0 fully saturated rings. The number of esters is 1. The molecule has 2 heterocycles. The summed E-state index contributed by atoms with van der Waals surface area (Å²) in [5.41, 5.74) is 3.47. The number of methoxy groups -OCH3 is 1.